The second kappa shape index (κ2) is 9.36. The van der Waals surface area contributed by atoms with Crippen molar-refractivity contribution in [1.82, 2.24) is 29.8 Å². The number of carbonyl (C=O) groups excluding carboxylic acids is 1. The topological polar surface area (TPSA) is 110 Å². The number of aromatic nitrogens is 4. The van der Waals surface area contributed by atoms with E-state index in [0.717, 1.165) is 36.1 Å². The third-order valence-corrected chi connectivity index (χ3v) is 7.19. The summed E-state index contributed by atoms with van der Waals surface area (Å²) < 4.78 is 28.5. The molecule has 1 aliphatic heterocycles. The van der Waals surface area contributed by atoms with Gasteiger partial charge >= 0.3 is 0 Å². The van der Waals surface area contributed by atoms with Crippen LogP contribution in [0.15, 0.2) is 59.8 Å². The zero-order chi connectivity index (χ0) is 21.7. The molecule has 1 fully saturated rings. The molecule has 2 aromatic carbocycles. The van der Waals surface area contributed by atoms with Gasteiger partial charge in [0.1, 0.15) is 6.33 Å². The van der Waals surface area contributed by atoms with Gasteiger partial charge in [0.2, 0.25) is 15.9 Å². The molecule has 0 spiro atoms. The third kappa shape index (κ3) is 5.15. The zero-order valence-electron chi connectivity index (χ0n) is 17.0. The molecule has 9 nitrogen and oxygen atoms in total. The van der Waals surface area contributed by atoms with E-state index in [1.165, 1.54) is 6.33 Å². The van der Waals surface area contributed by atoms with Crippen LogP contribution in [0.5, 0.6) is 0 Å². The molecular weight excluding hydrogens is 416 g/mol. The Hall–Kier alpha value is -3.11. The highest BCUT2D eigenvalue weighted by Gasteiger charge is 2.25. The number of rotatable bonds is 7. The largest absolute Gasteiger partial charge is 0.352 e. The number of tetrazole rings is 1. The normalized spacial score (nSPS) is 15.0. The number of hydrogen-bond donors (Lipinski definition) is 1. The molecule has 0 atom stereocenters. The molecule has 0 bridgehead atoms. The molecule has 1 aliphatic rings. The van der Waals surface area contributed by atoms with Crippen molar-refractivity contribution in [1.29, 1.82) is 0 Å². The van der Waals surface area contributed by atoms with E-state index in [1.807, 2.05) is 24.3 Å². The monoisotopic (exact) mass is 440 g/mol. The summed E-state index contributed by atoms with van der Waals surface area (Å²) >= 11 is 0. The van der Waals surface area contributed by atoms with Crippen LogP contribution in [-0.4, -0.2) is 51.9 Å². The number of sulfonamides is 1. The Morgan fingerprint density at radius 2 is 1.61 bits per heavy atom. The van der Waals surface area contributed by atoms with Gasteiger partial charge in [0.05, 0.1) is 17.0 Å². The number of hydrogen-bond acceptors (Lipinski definition) is 6. The quantitative estimate of drug-likeness (QED) is 0.599. The fraction of sp³-hybridized carbons (Fsp3) is 0.333. The van der Waals surface area contributed by atoms with Gasteiger partial charge in [0, 0.05) is 19.6 Å². The summed E-state index contributed by atoms with van der Waals surface area (Å²) in [5.41, 5.74) is 2.53. The Labute approximate surface area is 181 Å². The van der Waals surface area contributed by atoms with Gasteiger partial charge in [0.15, 0.2) is 0 Å². The van der Waals surface area contributed by atoms with Crippen LogP contribution in [-0.2, 0) is 27.8 Å². The third-order valence-electron chi connectivity index (χ3n) is 5.28. The molecular formula is C21H24N6O3S. The Balaban J connectivity index is 1.30. The zero-order valence-corrected chi connectivity index (χ0v) is 17.8. The molecule has 4 rings (SSSR count). The van der Waals surface area contributed by atoms with Crippen LogP contribution < -0.4 is 5.32 Å². The van der Waals surface area contributed by atoms with Gasteiger partial charge < -0.3 is 5.32 Å². The molecule has 1 N–H and O–H groups in total. The molecule has 0 unspecified atom stereocenters. The Kier molecular flexibility index (Phi) is 6.38. The van der Waals surface area contributed by atoms with Gasteiger partial charge in [-0.1, -0.05) is 30.7 Å². The van der Waals surface area contributed by atoms with E-state index in [0.29, 0.717) is 24.5 Å². The highest BCUT2D eigenvalue weighted by Crippen LogP contribution is 2.20. The first kappa shape index (κ1) is 21.1. The first-order valence-electron chi connectivity index (χ1n) is 10.2. The van der Waals surface area contributed by atoms with Crippen molar-refractivity contribution in [3.05, 3.63) is 66.0 Å². The summed E-state index contributed by atoms with van der Waals surface area (Å²) in [5, 5.41) is 13.9. The molecule has 0 radical (unpaired) electrons. The minimum Gasteiger partial charge on any atom is -0.352 e. The predicted octanol–water partition coefficient (Wildman–Crippen LogP) is 1.70. The second-order valence-electron chi connectivity index (χ2n) is 7.48. The highest BCUT2D eigenvalue weighted by atomic mass is 32.2. The minimum atomic E-state index is -3.44. The van der Waals surface area contributed by atoms with E-state index in [2.05, 4.69) is 20.8 Å². The van der Waals surface area contributed by atoms with E-state index in [-0.39, 0.29) is 12.3 Å². The van der Waals surface area contributed by atoms with Gasteiger partial charge in [-0.3, -0.25) is 4.79 Å². The number of carbonyl (C=O) groups is 1. The standard InChI is InChI=1S/C21H24N6O3S/c28-21(14-17-4-8-19(9-5-17)27-16-23-24-25-27)22-15-18-6-10-20(11-7-18)31(29,30)26-12-2-1-3-13-26/h4-11,16H,1-3,12-15H2,(H,22,28). The Morgan fingerprint density at radius 3 is 2.26 bits per heavy atom. The van der Waals surface area contributed by atoms with E-state index < -0.39 is 10.0 Å². The fourth-order valence-corrected chi connectivity index (χ4v) is 5.05. The maximum absolute atomic E-state index is 12.7. The maximum Gasteiger partial charge on any atom is 0.243 e. The lowest BCUT2D eigenvalue weighted by Gasteiger charge is -2.25. The van der Waals surface area contributed by atoms with Crippen LogP contribution in [0.2, 0.25) is 0 Å². The number of nitrogens with zero attached hydrogens (tertiary/aromatic N) is 5. The molecule has 0 saturated carbocycles. The van der Waals surface area contributed by atoms with Crippen LogP contribution in [0.1, 0.15) is 30.4 Å². The predicted molar refractivity (Wildman–Crippen MR) is 114 cm³/mol. The SMILES string of the molecule is O=C(Cc1ccc(-n2cnnn2)cc1)NCc1ccc(S(=O)(=O)N2CCCCC2)cc1. The summed E-state index contributed by atoms with van der Waals surface area (Å²) in [4.78, 5) is 12.6. The van der Waals surface area contributed by atoms with Crippen molar-refractivity contribution < 1.29 is 13.2 Å². The number of amides is 1. The van der Waals surface area contributed by atoms with Crippen molar-refractivity contribution >= 4 is 15.9 Å². The van der Waals surface area contributed by atoms with Gasteiger partial charge in [0.25, 0.3) is 0 Å². The van der Waals surface area contributed by atoms with Crippen molar-refractivity contribution in [2.45, 2.75) is 37.1 Å². The Bertz CT molecular complexity index is 1110. The average Bonchev–Trinajstić information content (AvgIpc) is 3.34. The van der Waals surface area contributed by atoms with Crippen LogP contribution in [0.3, 0.4) is 0 Å². The summed E-state index contributed by atoms with van der Waals surface area (Å²) in [7, 11) is -3.44. The van der Waals surface area contributed by atoms with E-state index in [9.17, 15) is 13.2 Å². The number of piperidine rings is 1. The van der Waals surface area contributed by atoms with Crippen LogP contribution >= 0.6 is 0 Å². The van der Waals surface area contributed by atoms with Crippen molar-refractivity contribution in [3.8, 4) is 5.69 Å². The lowest BCUT2D eigenvalue weighted by molar-refractivity contribution is -0.120. The van der Waals surface area contributed by atoms with Gasteiger partial charge in [-0.15, -0.1) is 5.10 Å². The van der Waals surface area contributed by atoms with Crippen LogP contribution in [0.25, 0.3) is 5.69 Å². The fourth-order valence-electron chi connectivity index (χ4n) is 3.53. The number of nitrogens with one attached hydrogen (secondary N) is 1. The molecule has 31 heavy (non-hydrogen) atoms. The van der Waals surface area contributed by atoms with Gasteiger partial charge in [-0.25, -0.2) is 13.1 Å². The van der Waals surface area contributed by atoms with E-state index in [1.54, 1.807) is 33.3 Å². The van der Waals surface area contributed by atoms with Crippen LogP contribution in [0.4, 0.5) is 0 Å². The summed E-state index contributed by atoms with van der Waals surface area (Å²) in [5.74, 6) is -0.111. The van der Waals surface area contributed by atoms with Crippen molar-refractivity contribution in [2.75, 3.05) is 13.1 Å². The van der Waals surface area contributed by atoms with Crippen LogP contribution in [0, 0.1) is 0 Å². The van der Waals surface area contributed by atoms with E-state index >= 15 is 0 Å². The second-order valence-corrected chi connectivity index (χ2v) is 9.42. The molecule has 10 heteroatoms. The first-order valence-corrected chi connectivity index (χ1v) is 11.6. The lowest BCUT2D eigenvalue weighted by atomic mass is 10.1. The Morgan fingerprint density at radius 1 is 0.935 bits per heavy atom. The maximum atomic E-state index is 12.7. The van der Waals surface area contributed by atoms with Crippen molar-refractivity contribution in [2.24, 2.45) is 0 Å². The highest BCUT2D eigenvalue weighted by molar-refractivity contribution is 7.89. The first-order chi connectivity index (χ1) is 15.0. The minimum absolute atomic E-state index is 0.111. The number of benzene rings is 2. The van der Waals surface area contributed by atoms with Crippen molar-refractivity contribution in [3.63, 3.8) is 0 Å². The summed E-state index contributed by atoms with van der Waals surface area (Å²) in [6.07, 6.45) is 4.64. The van der Waals surface area contributed by atoms with Gasteiger partial charge in [-0.2, -0.15) is 4.31 Å². The molecule has 3 aromatic rings. The molecule has 1 amide bonds. The molecule has 2 heterocycles. The smallest absolute Gasteiger partial charge is 0.243 e. The summed E-state index contributed by atoms with van der Waals surface area (Å²) in [6.45, 7) is 1.50. The summed E-state index contributed by atoms with van der Waals surface area (Å²) in [6, 6.07) is 14.1. The molecule has 162 valence electrons. The molecule has 1 aromatic heterocycles. The molecule has 0 aliphatic carbocycles. The van der Waals surface area contributed by atoms with Gasteiger partial charge in [-0.05, 0) is 58.7 Å². The average molecular weight is 441 g/mol. The van der Waals surface area contributed by atoms with E-state index in [4.69, 9.17) is 0 Å². The molecule has 1 saturated heterocycles. The lowest BCUT2D eigenvalue weighted by Crippen LogP contribution is -2.35.